The molecule has 354 valence electrons. The van der Waals surface area contributed by atoms with Crippen LogP contribution in [0.2, 0.25) is 0 Å². The zero-order chi connectivity index (χ0) is 51.2. The van der Waals surface area contributed by atoms with Gasteiger partial charge in [-0.2, -0.15) is 15.8 Å². The summed E-state index contributed by atoms with van der Waals surface area (Å²) in [7, 11) is 0. The number of benzene rings is 10. The Morgan fingerprint density at radius 2 is 0.387 bits per heavy atom. The molecular weight excluding hydrogens is 913 g/mol. The molecule has 0 atom stereocenters. The first-order valence-electron chi connectivity index (χ1n) is 24.6. The van der Waals surface area contributed by atoms with Crippen molar-refractivity contribution < 1.29 is 0 Å². The van der Waals surface area contributed by atoms with E-state index in [2.05, 4.69) is 142 Å². The Kier molecular flexibility index (Phi) is 14.7. The molecule has 0 radical (unpaired) electrons. The van der Waals surface area contributed by atoms with Crippen molar-refractivity contribution in [3.63, 3.8) is 0 Å². The number of nitrogens with zero attached hydrogens (tertiary/aromatic N) is 6. The third-order valence-corrected chi connectivity index (χ3v) is 12.8. The third kappa shape index (κ3) is 10.8. The van der Waals surface area contributed by atoms with Crippen LogP contribution in [0.1, 0.15) is 50.1 Å². The van der Waals surface area contributed by atoms with Crippen LogP contribution in [-0.2, 0) is 0 Å². The van der Waals surface area contributed by atoms with Crippen molar-refractivity contribution in [3.8, 4) is 18.2 Å². The second-order valence-electron chi connectivity index (χ2n) is 17.5. The summed E-state index contributed by atoms with van der Waals surface area (Å²) in [6, 6.07) is 93.0. The van der Waals surface area contributed by atoms with Gasteiger partial charge < -0.3 is 14.7 Å². The maximum absolute atomic E-state index is 11.0. The summed E-state index contributed by atoms with van der Waals surface area (Å²) in [5.74, 6) is 0. The molecule has 0 N–H and O–H groups in total. The Bertz CT molecular complexity index is 3200. The van der Waals surface area contributed by atoms with Crippen molar-refractivity contribution >= 4 is 87.6 Å². The van der Waals surface area contributed by atoms with Gasteiger partial charge in [0.25, 0.3) is 0 Å². The highest BCUT2D eigenvalue weighted by atomic mass is 15.2. The van der Waals surface area contributed by atoms with Crippen LogP contribution >= 0.6 is 0 Å². The van der Waals surface area contributed by atoms with Gasteiger partial charge in [0.05, 0.1) is 16.7 Å². The fourth-order valence-electron chi connectivity index (χ4n) is 9.22. The Morgan fingerprint density at radius 3 is 0.560 bits per heavy atom. The molecule has 6 heteroatoms. The third-order valence-electron chi connectivity index (χ3n) is 12.8. The van der Waals surface area contributed by atoms with E-state index in [0.29, 0.717) is 16.7 Å². The minimum Gasteiger partial charge on any atom is -0.311 e. The lowest BCUT2D eigenvalue weighted by Crippen LogP contribution is -2.09. The number of anilines is 9. The van der Waals surface area contributed by atoms with Gasteiger partial charge in [0.1, 0.15) is 18.2 Å². The Labute approximate surface area is 439 Å². The van der Waals surface area contributed by atoms with Crippen LogP contribution in [0.25, 0.3) is 36.5 Å². The van der Waals surface area contributed by atoms with Gasteiger partial charge in [-0.25, -0.2) is 0 Å². The summed E-state index contributed by atoms with van der Waals surface area (Å²) in [6.07, 6.45) is 11.2. The molecule has 10 aromatic carbocycles. The van der Waals surface area contributed by atoms with E-state index in [1.165, 1.54) is 0 Å². The van der Waals surface area contributed by atoms with Gasteiger partial charge in [0, 0.05) is 67.9 Å². The molecule has 0 fully saturated rings. The molecule has 75 heavy (non-hydrogen) atoms. The normalized spacial score (nSPS) is 11.0. The van der Waals surface area contributed by atoms with Gasteiger partial charge in [0.15, 0.2) is 0 Å². The molecular formula is C69H48N6. The first-order chi connectivity index (χ1) is 37.1. The maximum Gasteiger partial charge on any atom is 0.100 e. The van der Waals surface area contributed by atoms with Crippen molar-refractivity contribution in [2.24, 2.45) is 0 Å². The quantitative estimate of drug-likeness (QED) is 0.0952. The van der Waals surface area contributed by atoms with Crippen molar-refractivity contribution in [2.45, 2.75) is 0 Å². The smallest absolute Gasteiger partial charge is 0.100 e. The first kappa shape index (κ1) is 47.9. The molecule has 0 aromatic heterocycles. The molecule has 10 aromatic rings. The molecule has 0 unspecified atom stereocenters. The molecule has 0 bridgehead atoms. The number of hydrogen-bond donors (Lipinski definition) is 0. The lowest BCUT2D eigenvalue weighted by Gasteiger charge is -2.25. The van der Waals surface area contributed by atoms with Crippen LogP contribution in [0.3, 0.4) is 0 Å². The van der Waals surface area contributed by atoms with Gasteiger partial charge >= 0.3 is 0 Å². The standard InChI is InChI=1S/C69H48N6/c70-49-67-64(46-37-52-31-40-61(41-32-52)73(55-19-7-1-8-20-55)56-21-9-2-10-22-56)68(50-71)66(48-39-54-35-44-63(45-36-54)75(59-27-15-5-16-28-59)60-29-17-6-18-30-60)69(51-72)65(67)47-38-53-33-42-62(43-34-53)74(57-23-11-3-12-24-57)58-25-13-4-14-26-58/h1-48H. The van der Waals surface area contributed by atoms with E-state index in [1.807, 2.05) is 182 Å². The summed E-state index contributed by atoms with van der Waals surface area (Å²) in [4.78, 5) is 6.58. The van der Waals surface area contributed by atoms with Gasteiger partial charge in [0.2, 0.25) is 0 Å². The Balaban J connectivity index is 1.04. The second kappa shape index (κ2) is 23.0. The lowest BCUT2D eigenvalue weighted by molar-refractivity contribution is 1.28. The minimum atomic E-state index is 0.228. The van der Waals surface area contributed by atoms with E-state index in [9.17, 15) is 15.8 Å². The molecule has 10 rings (SSSR count). The SMILES string of the molecule is N#Cc1c(C=Cc2ccc(N(c3ccccc3)c3ccccc3)cc2)c(C#N)c(C=Cc2ccc(N(c3ccccc3)c3ccccc3)cc2)c(C#N)c1C=Cc1ccc(N(c2ccccc2)c2ccccc2)cc1. The van der Waals surface area contributed by atoms with Crippen LogP contribution in [-0.4, -0.2) is 0 Å². The van der Waals surface area contributed by atoms with Gasteiger partial charge in [-0.15, -0.1) is 0 Å². The molecule has 0 heterocycles. The molecule has 6 nitrogen and oxygen atoms in total. The first-order valence-corrected chi connectivity index (χ1v) is 24.6. The lowest BCUT2D eigenvalue weighted by atomic mass is 9.86. The topological polar surface area (TPSA) is 81.1 Å². The van der Waals surface area contributed by atoms with Crippen molar-refractivity contribution in [1.82, 2.24) is 0 Å². The number of nitriles is 3. The molecule has 0 aliphatic carbocycles. The molecule has 0 spiro atoms. The highest BCUT2D eigenvalue weighted by Crippen LogP contribution is 2.38. The van der Waals surface area contributed by atoms with E-state index >= 15 is 0 Å². The van der Waals surface area contributed by atoms with Crippen LogP contribution < -0.4 is 14.7 Å². The Hall–Kier alpha value is -10.7. The van der Waals surface area contributed by atoms with Crippen molar-refractivity contribution in [3.05, 3.63) is 305 Å². The van der Waals surface area contributed by atoms with Gasteiger partial charge in [-0.1, -0.05) is 182 Å². The predicted octanol–water partition coefficient (Wildman–Crippen LogP) is 18.2. The molecule has 0 amide bonds. The summed E-state index contributed by atoms with van der Waals surface area (Å²) in [5.41, 5.74) is 13.6. The van der Waals surface area contributed by atoms with Crippen LogP contribution in [0.4, 0.5) is 51.2 Å². The van der Waals surface area contributed by atoms with E-state index in [4.69, 9.17) is 0 Å². The highest BCUT2D eigenvalue weighted by molar-refractivity contribution is 5.91. The fourth-order valence-corrected chi connectivity index (χ4v) is 9.22. The van der Waals surface area contributed by atoms with Gasteiger partial charge in [-0.05, 0) is 126 Å². The fraction of sp³-hybridized carbons (Fsp3) is 0. The molecule has 0 saturated carbocycles. The summed E-state index contributed by atoms with van der Waals surface area (Å²) in [6.45, 7) is 0. The average Bonchev–Trinajstić information content (AvgIpc) is 3.48. The maximum atomic E-state index is 11.0. The summed E-state index contributed by atoms with van der Waals surface area (Å²) >= 11 is 0. The molecule has 0 aliphatic heterocycles. The largest absolute Gasteiger partial charge is 0.311 e. The number of rotatable bonds is 15. The zero-order valence-electron chi connectivity index (χ0n) is 40.9. The number of para-hydroxylation sites is 6. The van der Waals surface area contributed by atoms with E-state index < -0.39 is 0 Å². The highest BCUT2D eigenvalue weighted by Gasteiger charge is 2.22. The van der Waals surface area contributed by atoms with E-state index in [-0.39, 0.29) is 16.7 Å². The Morgan fingerprint density at radius 1 is 0.213 bits per heavy atom. The van der Waals surface area contributed by atoms with Gasteiger partial charge in [-0.3, -0.25) is 0 Å². The number of hydrogen-bond acceptors (Lipinski definition) is 6. The van der Waals surface area contributed by atoms with E-state index in [0.717, 1.165) is 67.9 Å². The predicted molar refractivity (Wildman–Crippen MR) is 311 cm³/mol. The minimum absolute atomic E-state index is 0.228. The summed E-state index contributed by atoms with van der Waals surface area (Å²) < 4.78 is 0. The van der Waals surface area contributed by atoms with Crippen LogP contribution in [0, 0.1) is 34.0 Å². The van der Waals surface area contributed by atoms with Crippen molar-refractivity contribution in [1.29, 1.82) is 15.8 Å². The average molecular weight is 961 g/mol. The zero-order valence-corrected chi connectivity index (χ0v) is 40.9. The molecule has 0 saturated heterocycles. The summed E-state index contributed by atoms with van der Waals surface area (Å²) in [5, 5.41) is 33.1. The van der Waals surface area contributed by atoms with Crippen molar-refractivity contribution in [2.75, 3.05) is 14.7 Å². The van der Waals surface area contributed by atoms with Crippen LogP contribution in [0.5, 0.6) is 0 Å². The van der Waals surface area contributed by atoms with Crippen LogP contribution in [0.15, 0.2) is 255 Å². The second-order valence-corrected chi connectivity index (χ2v) is 17.5. The van der Waals surface area contributed by atoms with E-state index in [1.54, 1.807) is 0 Å². The molecule has 0 aliphatic rings. The monoisotopic (exact) mass is 960 g/mol.